The van der Waals surface area contributed by atoms with E-state index >= 15 is 0 Å². The first-order valence-electron chi connectivity index (χ1n) is 9.73. The Labute approximate surface area is 173 Å². The van der Waals surface area contributed by atoms with Gasteiger partial charge in [-0.3, -0.25) is 4.79 Å². The molecule has 6 heteroatoms. The van der Waals surface area contributed by atoms with Crippen molar-refractivity contribution in [2.75, 3.05) is 0 Å². The molecule has 0 radical (unpaired) electrons. The first-order chi connectivity index (χ1) is 14.7. The van der Waals surface area contributed by atoms with Gasteiger partial charge in [0.25, 0.3) is 0 Å². The number of hydrogen-bond donors (Lipinski definition) is 0. The summed E-state index contributed by atoms with van der Waals surface area (Å²) in [6, 6.07) is 19.8. The number of furan rings is 1. The lowest BCUT2D eigenvalue weighted by Gasteiger charge is -2.21. The third-order valence-corrected chi connectivity index (χ3v) is 4.74. The van der Waals surface area contributed by atoms with Crippen LogP contribution < -0.4 is 0 Å². The number of rotatable bonds is 8. The number of benzene rings is 2. The third kappa shape index (κ3) is 4.84. The van der Waals surface area contributed by atoms with Crippen molar-refractivity contribution in [3.63, 3.8) is 0 Å². The Morgan fingerprint density at radius 1 is 0.967 bits per heavy atom. The normalized spacial score (nSPS) is 10.8. The Bertz CT molecular complexity index is 1090. The molecule has 0 atom stereocenters. The van der Waals surface area contributed by atoms with Gasteiger partial charge in [-0.1, -0.05) is 42.5 Å². The molecule has 0 saturated heterocycles. The molecule has 0 N–H and O–H groups in total. The molecule has 0 fully saturated rings. The maximum atomic E-state index is 13.9. The van der Waals surface area contributed by atoms with Gasteiger partial charge in [-0.2, -0.15) is 0 Å². The molecule has 1 amide bonds. The Balaban J connectivity index is 1.43. The summed E-state index contributed by atoms with van der Waals surface area (Å²) in [5.41, 5.74) is 1.39. The first kappa shape index (κ1) is 19.6. The largest absolute Gasteiger partial charge is 0.467 e. The van der Waals surface area contributed by atoms with Gasteiger partial charge >= 0.3 is 0 Å². The molecule has 5 nitrogen and oxygen atoms in total. The summed E-state index contributed by atoms with van der Waals surface area (Å²) in [4.78, 5) is 18.9. The minimum atomic E-state index is -0.372. The average Bonchev–Trinajstić information content (AvgIpc) is 3.45. The molecule has 4 aromatic rings. The van der Waals surface area contributed by atoms with E-state index in [0.717, 1.165) is 11.3 Å². The second-order valence-corrected chi connectivity index (χ2v) is 6.91. The summed E-state index contributed by atoms with van der Waals surface area (Å²) in [6.45, 7) is 0.860. The molecule has 2 aromatic heterocycles. The van der Waals surface area contributed by atoms with Gasteiger partial charge in [0.2, 0.25) is 5.91 Å². The Morgan fingerprint density at radius 3 is 2.53 bits per heavy atom. The summed E-state index contributed by atoms with van der Waals surface area (Å²) in [7, 11) is 0. The van der Waals surface area contributed by atoms with E-state index in [1.54, 1.807) is 35.4 Å². The smallest absolute Gasteiger partial charge is 0.223 e. The lowest BCUT2D eigenvalue weighted by Crippen LogP contribution is -2.30. The van der Waals surface area contributed by atoms with Crippen LogP contribution in [-0.2, 0) is 24.3 Å². The van der Waals surface area contributed by atoms with E-state index in [9.17, 15) is 9.18 Å². The molecular formula is C24H21FN2O3. The van der Waals surface area contributed by atoms with E-state index in [4.69, 9.17) is 8.83 Å². The van der Waals surface area contributed by atoms with E-state index in [2.05, 4.69) is 4.98 Å². The molecular weight excluding hydrogens is 383 g/mol. The third-order valence-electron chi connectivity index (χ3n) is 4.74. The van der Waals surface area contributed by atoms with Crippen molar-refractivity contribution in [1.29, 1.82) is 0 Å². The average molecular weight is 404 g/mol. The highest BCUT2D eigenvalue weighted by Crippen LogP contribution is 2.24. The van der Waals surface area contributed by atoms with Crippen molar-refractivity contribution in [2.24, 2.45) is 0 Å². The van der Waals surface area contributed by atoms with Crippen molar-refractivity contribution in [3.05, 3.63) is 102 Å². The number of oxazole rings is 1. The van der Waals surface area contributed by atoms with Crippen molar-refractivity contribution >= 4 is 5.91 Å². The van der Waals surface area contributed by atoms with Gasteiger partial charge in [-0.05, 0) is 29.8 Å². The van der Waals surface area contributed by atoms with Crippen LogP contribution in [0.2, 0.25) is 0 Å². The summed E-state index contributed by atoms with van der Waals surface area (Å²) in [5, 5.41) is 0. The molecule has 0 bridgehead atoms. The fraction of sp³-hybridized carbons (Fsp3) is 0.167. The molecule has 2 heterocycles. The molecule has 2 aromatic carbocycles. The van der Waals surface area contributed by atoms with Gasteiger partial charge in [0, 0.05) is 19.4 Å². The summed E-state index contributed by atoms with van der Waals surface area (Å²) in [5.74, 6) is 1.06. The van der Waals surface area contributed by atoms with Gasteiger partial charge in [-0.15, -0.1) is 0 Å². The zero-order chi connectivity index (χ0) is 20.8. The fourth-order valence-electron chi connectivity index (χ4n) is 3.21. The standard InChI is InChI=1S/C24H21FN2O3/c25-21-11-5-4-10-20(21)22-15-26-23(30-22)12-13-24(28)27(17-19-9-6-14-29-19)16-18-7-2-1-3-8-18/h1-11,14-15H,12-13,16-17H2. The summed E-state index contributed by atoms with van der Waals surface area (Å²) in [6.07, 6.45) is 3.64. The number of halogens is 1. The first-order valence-corrected chi connectivity index (χ1v) is 9.73. The SMILES string of the molecule is O=C(CCc1ncc(-c2ccccc2F)o1)N(Cc1ccccc1)Cc1ccco1. The van der Waals surface area contributed by atoms with Crippen LogP contribution in [0.5, 0.6) is 0 Å². The van der Waals surface area contributed by atoms with Crippen LogP contribution in [0.4, 0.5) is 4.39 Å². The molecule has 4 rings (SSSR count). The number of nitrogens with zero attached hydrogens (tertiary/aromatic N) is 2. The van der Waals surface area contributed by atoms with Crippen LogP contribution in [0.3, 0.4) is 0 Å². The molecule has 0 saturated carbocycles. The number of aryl methyl sites for hydroxylation is 1. The molecule has 0 aliphatic heterocycles. The summed E-state index contributed by atoms with van der Waals surface area (Å²) >= 11 is 0. The highest BCUT2D eigenvalue weighted by molar-refractivity contribution is 5.76. The van der Waals surface area contributed by atoms with E-state index in [1.165, 1.54) is 12.3 Å². The van der Waals surface area contributed by atoms with E-state index in [-0.39, 0.29) is 18.1 Å². The van der Waals surface area contributed by atoms with Gasteiger partial charge in [0.05, 0.1) is 24.6 Å². The van der Waals surface area contributed by atoms with Crippen LogP contribution in [0, 0.1) is 5.82 Å². The molecule has 0 unspecified atom stereocenters. The van der Waals surface area contributed by atoms with Gasteiger partial charge < -0.3 is 13.7 Å². The number of carbonyl (C=O) groups is 1. The van der Waals surface area contributed by atoms with Gasteiger partial charge in [0.15, 0.2) is 11.7 Å². The monoisotopic (exact) mass is 404 g/mol. The van der Waals surface area contributed by atoms with Crippen molar-refractivity contribution in [3.8, 4) is 11.3 Å². The maximum Gasteiger partial charge on any atom is 0.223 e. The second-order valence-electron chi connectivity index (χ2n) is 6.91. The van der Waals surface area contributed by atoms with Gasteiger partial charge in [0.1, 0.15) is 11.6 Å². The summed E-state index contributed by atoms with van der Waals surface area (Å²) < 4.78 is 25.0. The number of aromatic nitrogens is 1. The van der Waals surface area contributed by atoms with Crippen LogP contribution in [-0.4, -0.2) is 15.8 Å². The number of amides is 1. The van der Waals surface area contributed by atoms with Crippen LogP contribution in [0.25, 0.3) is 11.3 Å². The zero-order valence-electron chi connectivity index (χ0n) is 16.3. The number of hydrogen-bond acceptors (Lipinski definition) is 4. The minimum Gasteiger partial charge on any atom is -0.467 e. The molecule has 0 spiro atoms. The van der Waals surface area contributed by atoms with Gasteiger partial charge in [-0.25, -0.2) is 9.37 Å². The van der Waals surface area contributed by atoms with Crippen molar-refractivity contribution in [1.82, 2.24) is 9.88 Å². The van der Waals surface area contributed by atoms with Crippen LogP contribution in [0.1, 0.15) is 23.6 Å². The number of carbonyl (C=O) groups excluding carboxylic acids is 1. The molecule has 0 aliphatic carbocycles. The predicted octanol–water partition coefficient (Wildman–Crippen LogP) is 5.24. The Hall–Kier alpha value is -3.67. The topological polar surface area (TPSA) is 59.5 Å². The highest BCUT2D eigenvalue weighted by atomic mass is 19.1. The molecule has 152 valence electrons. The van der Waals surface area contributed by atoms with Crippen molar-refractivity contribution in [2.45, 2.75) is 25.9 Å². The Morgan fingerprint density at radius 2 is 1.77 bits per heavy atom. The fourth-order valence-corrected chi connectivity index (χ4v) is 3.21. The van der Waals surface area contributed by atoms with Crippen LogP contribution >= 0.6 is 0 Å². The van der Waals surface area contributed by atoms with E-state index in [0.29, 0.717) is 36.7 Å². The molecule has 30 heavy (non-hydrogen) atoms. The van der Waals surface area contributed by atoms with E-state index in [1.807, 2.05) is 36.4 Å². The lowest BCUT2D eigenvalue weighted by atomic mass is 10.2. The van der Waals surface area contributed by atoms with Crippen molar-refractivity contribution < 1.29 is 18.0 Å². The molecule has 0 aliphatic rings. The second kappa shape index (κ2) is 9.22. The maximum absolute atomic E-state index is 13.9. The zero-order valence-corrected chi connectivity index (χ0v) is 16.3. The Kier molecular flexibility index (Phi) is 6.03. The predicted molar refractivity (Wildman–Crippen MR) is 110 cm³/mol. The highest BCUT2D eigenvalue weighted by Gasteiger charge is 2.18. The van der Waals surface area contributed by atoms with E-state index < -0.39 is 0 Å². The minimum absolute atomic E-state index is 0.0408. The lowest BCUT2D eigenvalue weighted by molar-refractivity contribution is -0.132. The quantitative estimate of drug-likeness (QED) is 0.403. The van der Waals surface area contributed by atoms with Crippen LogP contribution in [0.15, 0.2) is 88.0 Å².